The summed E-state index contributed by atoms with van der Waals surface area (Å²) in [5.74, 6) is -1.15. The van der Waals surface area contributed by atoms with E-state index in [4.69, 9.17) is 8.85 Å². The first kappa shape index (κ1) is 38.6. The van der Waals surface area contributed by atoms with Gasteiger partial charge in [-0.25, -0.2) is 4.98 Å². The SMILES string of the molecule is C/C(=C\[C@H](C)[C@H](O)/C(C)=C/c1csc(C)n1)CCC[C@H](C)[C@H](O[Si](C)(C)C)[C@@H](C)C(=O)C[C@H](CC(=O)O)O[Si](C)(C)C. The van der Waals surface area contributed by atoms with Crippen molar-refractivity contribution in [3.8, 4) is 0 Å². The molecule has 6 atom stereocenters. The zero-order chi connectivity index (χ0) is 32.4. The molecule has 0 aromatic carbocycles. The summed E-state index contributed by atoms with van der Waals surface area (Å²) in [6.07, 6.45) is 5.38. The fraction of sp³-hybridized carbons (Fsp3) is 0.719. The highest BCUT2D eigenvalue weighted by Gasteiger charge is 2.35. The lowest BCUT2D eigenvalue weighted by atomic mass is 9.85. The molecule has 0 saturated carbocycles. The Kier molecular flexibility index (Phi) is 15.8. The van der Waals surface area contributed by atoms with Gasteiger partial charge in [-0.15, -0.1) is 11.3 Å². The number of aliphatic hydroxyl groups excluding tert-OH is 1. The number of rotatable bonds is 19. The summed E-state index contributed by atoms with van der Waals surface area (Å²) in [7, 11) is -3.96. The van der Waals surface area contributed by atoms with Crippen molar-refractivity contribution in [2.75, 3.05) is 0 Å². The van der Waals surface area contributed by atoms with E-state index in [1.165, 1.54) is 5.57 Å². The lowest BCUT2D eigenvalue weighted by Crippen LogP contribution is -2.43. The van der Waals surface area contributed by atoms with Crippen LogP contribution in [0.25, 0.3) is 6.08 Å². The number of Topliss-reactive ketones (excluding diaryl/α,β-unsaturated/α-hetero) is 1. The molecular weight excluding hydrogens is 583 g/mol. The maximum Gasteiger partial charge on any atom is 0.305 e. The van der Waals surface area contributed by atoms with Crippen LogP contribution in [0.3, 0.4) is 0 Å². The predicted molar refractivity (Wildman–Crippen MR) is 180 cm³/mol. The van der Waals surface area contributed by atoms with E-state index >= 15 is 0 Å². The predicted octanol–water partition coefficient (Wildman–Crippen LogP) is 8.11. The molecule has 0 radical (unpaired) electrons. The van der Waals surface area contributed by atoms with Gasteiger partial charge in [-0.1, -0.05) is 32.4 Å². The fourth-order valence-electron chi connectivity index (χ4n) is 5.23. The van der Waals surface area contributed by atoms with E-state index in [0.29, 0.717) is 0 Å². The molecule has 10 heteroatoms. The van der Waals surface area contributed by atoms with Crippen LogP contribution in [0.15, 0.2) is 22.6 Å². The van der Waals surface area contributed by atoms with E-state index < -0.39 is 34.8 Å². The number of aromatic nitrogens is 1. The molecule has 0 aliphatic rings. The summed E-state index contributed by atoms with van der Waals surface area (Å²) in [6, 6.07) is 0. The summed E-state index contributed by atoms with van der Waals surface area (Å²) >= 11 is 1.60. The Bertz CT molecular complexity index is 1070. The highest BCUT2D eigenvalue weighted by Crippen LogP contribution is 2.29. The normalized spacial score (nSPS) is 17.8. The molecule has 0 bridgehead atoms. The number of hydrogen-bond acceptors (Lipinski definition) is 7. The molecule has 0 aliphatic heterocycles. The van der Waals surface area contributed by atoms with Crippen LogP contribution in [0.5, 0.6) is 0 Å². The van der Waals surface area contributed by atoms with E-state index in [9.17, 15) is 19.8 Å². The van der Waals surface area contributed by atoms with Gasteiger partial charge < -0.3 is 19.1 Å². The van der Waals surface area contributed by atoms with Gasteiger partial charge in [-0.3, -0.25) is 9.59 Å². The highest BCUT2D eigenvalue weighted by molar-refractivity contribution is 7.09. The van der Waals surface area contributed by atoms with Gasteiger partial charge in [0.1, 0.15) is 5.78 Å². The molecule has 0 spiro atoms. The van der Waals surface area contributed by atoms with Gasteiger partial charge >= 0.3 is 5.97 Å². The number of aliphatic carboxylic acids is 1. The van der Waals surface area contributed by atoms with Crippen LogP contribution in [-0.4, -0.2) is 61.9 Å². The van der Waals surface area contributed by atoms with Crippen LogP contribution in [-0.2, 0) is 18.4 Å². The summed E-state index contributed by atoms with van der Waals surface area (Å²) in [4.78, 5) is 29.3. The molecule has 0 fully saturated rings. The zero-order valence-corrected chi connectivity index (χ0v) is 30.9. The molecule has 1 aromatic rings. The molecule has 2 N–H and O–H groups in total. The number of allylic oxidation sites excluding steroid dienone is 1. The molecule has 42 heavy (non-hydrogen) atoms. The van der Waals surface area contributed by atoms with Crippen LogP contribution in [0.4, 0.5) is 0 Å². The van der Waals surface area contributed by atoms with E-state index in [0.717, 1.165) is 35.5 Å². The number of carboxylic acid groups (broad SMARTS) is 1. The Labute approximate surface area is 261 Å². The zero-order valence-electron chi connectivity index (χ0n) is 28.1. The number of aryl methyl sites for hydroxylation is 1. The van der Waals surface area contributed by atoms with Crippen LogP contribution >= 0.6 is 11.3 Å². The van der Waals surface area contributed by atoms with E-state index in [2.05, 4.69) is 44.5 Å². The lowest BCUT2D eigenvalue weighted by molar-refractivity contribution is -0.139. The van der Waals surface area contributed by atoms with Gasteiger partial charge in [-0.2, -0.15) is 0 Å². The molecule has 0 saturated heterocycles. The van der Waals surface area contributed by atoms with Gasteiger partial charge in [-0.05, 0) is 96.9 Å². The van der Waals surface area contributed by atoms with Gasteiger partial charge in [0.25, 0.3) is 0 Å². The van der Waals surface area contributed by atoms with E-state index in [-0.39, 0.29) is 42.5 Å². The number of thiazole rings is 1. The number of nitrogens with zero attached hydrogens (tertiary/aromatic N) is 1. The van der Waals surface area contributed by atoms with Crippen LogP contribution < -0.4 is 0 Å². The second-order valence-corrected chi connectivity index (χ2v) is 24.0. The third-order valence-corrected chi connectivity index (χ3v) is 9.97. The number of ketones is 1. The van der Waals surface area contributed by atoms with Crippen LogP contribution in [0, 0.1) is 24.7 Å². The number of hydrogen-bond donors (Lipinski definition) is 2. The molecule has 240 valence electrons. The Morgan fingerprint density at radius 1 is 1.02 bits per heavy atom. The topological polar surface area (TPSA) is 106 Å². The monoisotopic (exact) mass is 639 g/mol. The number of carboxylic acids is 1. The van der Waals surface area contributed by atoms with E-state index in [1.807, 2.05) is 58.8 Å². The molecule has 7 nitrogen and oxygen atoms in total. The minimum absolute atomic E-state index is 0.00438. The van der Waals surface area contributed by atoms with Gasteiger partial charge in [0.15, 0.2) is 16.6 Å². The largest absolute Gasteiger partial charge is 0.481 e. The van der Waals surface area contributed by atoms with Gasteiger partial charge in [0.2, 0.25) is 0 Å². The Morgan fingerprint density at radius 3 is 2.12 bits per heavy atom. The third kappa shape index (κ3) is 15.3. The first-order valence-electron chi connectivity index (χ1n) is 15.2. The number of carbonyl (C=O) groups is 2. The minimum atomic E-state index is -2.01. The maximum atomic E-state index is 13.4. The van der Waals surface area contributed by atoms with Crippen molar-refractivity contribution in [2.24, 2.45) is 17.8 Å². The van der Waals surface area contributed by atoms with Gasteiger partial charge in [0, 0.05) is 23.6 Å². The fourth-order valence-corrected chi connectivity index (χ4v) is 8.22. The van der Waals surface area contributed by atoms with Gasteiger partial charge in [0.05, 0.1) is 35.4 Å². The second kappa shape index (κ2) is 17.2. The first-order valence-corrected chi connectivity index (χ1v) is 22.9. The van der Waals surface area contributed by atoms with Crippen molar-refractivity contribution >= 4 is 45.8 Å². The van der Waals surface area contributed by atoms with Crippen LogP contribution in [0.1, 0.15) is 77.4 Å². The van der Waals surface area contributed by atoms with Crippen molar-refractivity contribution in [3.63, 3.8) is 0 Å². The van der Waals surface area contributed by atoms with Crippen molar-refractivity contribution in [1.82, 2.24) is 4.98 Å². The molecule has 0 unspecified atom stereocenters. The maximum absolute atomic E-state index is 13.4. The lowest BCUT2D eigenvalue weighted by Gasteiger charge is -2.35. The molecule has 0 aliphatic carbocycles. The molecule has 1 rings (SSSR count). The summed E-state index contributed by atoms with van der Waals surface area (Å²) < 4.78 is 12.7. The van der Waals surface area contributed by atoms with Crippen molar-refractivity contribution < 1.29 is 28.7 Å². The van der Waals surface area contributed by atoms with Crippen LogP contribution in [0.2, 0.25) is 39.3 Å². The highest BCUT2D eigenvalue weighted by atomic mass is 32.1. The number of aliphatic hydroxyl groups is 1. The Morgan fingerprint density at radius 2 is 1.62 bits per heavy atom. The van der Waals surface area contributed by atoms with E-state index in [1.54, 1.807) is 11.3 Å². The molecular formula is C32H57NO6SSi2. The average Bonchev–Trinajstić information content (AvgIpc) is 3.23. The summed E-state index contributed by atoms with van der Waals surface area (Å²) in [5, 5.41) is 23.3. The number of carbonyl (C=O) groups excluding carboxylic acids is 1. The standard InChI is InChI=1S/C32H57NO6SSi2/c1-21(16-23(3)31(37)24(4)17-27-20-40-26(6)33-27)14-13-15-22(2)32(39-42(10,11)12)25(5)29(34)18-28(19-30(35)36)38-41(7,8)9/h16-17,20,22-23,25,28,31-32,37H,13-15,18-19H2,1-12H3,(H,35,36)/b21-16+,24-17+/t22-,23-,25-,28+,31-,32-/m0/s1. The Balaban J connectivity index is 2.85. The second-order valence-electron chi connectivity index (χ2n) is 14.0. The quantitative estimate of drug-likeness (QED) is 0.116. The smallest absolute Gasteiger partial charge is 0.305 e. The summed E-state index contributed by atoms with van der Waals surface area (Å²) in [6.45, 7) is 24.6. The molecule has 1 aromatic heterocycles. The average molecular weight is 640 g/mol. The molecule has 1 heterocycles. The third-order valence-electron chi connectivity index (χ3n) is 7.16. The summed E-state index contributed by atoms with van der Waals surface area (Å²) in [5.41, 5.74) is 3.02. The molecule has 0 amide bonds. The minimum Gasteiger partial charge on any atom is -0.481 e. The van der Waals surface area contributed by atoms with Crippen molar-refractivity contribution in [2.45, 2.75) is 131 Å². The van der Waals surface area contributed by atoms with Crippen molar-refractivity contribution in [3.05, 3.63) is 33.3 Å². The first-order chi connectivity index (χ1) is 19.2. The van der Waals surface area contributed by atoms with Crippen molar-refractivity contribution in [1.29, 1.82) is 0 Å². The Hall–Kier alpha value is -1.44.